The van der Waals surface area contributed by atoms with Crippen LogP contribution in [0.25, 0.3) is 22.0 Å². The fourth-order valence-corrected chi connectivity index (χ4v) is 9.13. The van der Waals surface area contributed by atoms with Crippen LogP contribution in [0, 0.1) is 5.92 Å². The van der Waals surface area contributed by atoms with Gasteiger partial charge in [0.05, 0.1) is 16.7 Å². The minimum atomic E-state index is -0.898. The van der Waals surface area contributed by atoms with Gasteiger partial charge in [0.1, 0.15) is 12.8 Å². The lowest BCUT2D eigenvalue weighted by molar-refractivity contribution is -0.129. The monoisotopic (exact) mass is 599 g/mol. The second kappa shape index (κ2) is 10.9. The van der Waals surface area contributed by atoms with Gasteiger partial charge in [0.15, 0.2) is 5.83 Å². The number of fused-ring (bicyclic) bond motifs is 4. The molecule has 1 aromatic carbocycles. The number of carbonyl (C=O) groups is 1. The van der Waals surface area contributed by atoms with Crippen molar-refractivity contribution in [1.82, 2.24) is 24.8 Å². The van der Waals surface area contributed by atoms with Crippen LogP contribution in [0.3, 0.4) is 0 Å². The van der Waals surface area contributed by atoms with Crippen LogP contribution in [0.5, 0.6) is 6.01 Å². The van der Waals surface area contributed by atoms with Gasteiger partial charge < -0.3 is 9.64 Å². The molecule has 0 radical (unpaired) electrons. The number of hydrogen-bond acceptors (Lipinski definition) is 6. The van der Waals surface area contributed by atoms with Crippen LogP contribution < -0.4 is 4.74 Å². The highest BCUT2D eigenvalue weighted by atomic mass is 19.1. The summed E-state index contributed by atoms with van der Waals surface area (Å²) in [5, 5.41) is 0.974. The molecule has 8 rings (SSSR count). The second-order valence-corrected chi connectivity index (χ2v) is 13.7. The zero-order chi connectivity index (χ0) is 30.0. The quantitative estimate of drug-likeness (QED) is 0.319. The summed E-state index contributed by atoms with van der Waals surface area (Å²) in [6.07, 6.45) is 12.5. The van der Waals surface area contributed by atoms with Crippen molar-refractivity contribution in [3.8, 4) is 17.1 Å². The smallest absolute Gasteiger partial charge is 0.317 e. The first-order valence-corrected chi connectivity index (χ1v) is 16.3. The first-order valence-electron chi connectivity index (χ1n) is 16.3. The van der Waals surface area contributed by atoms with E-state index in [0.29, 0.717) is 44.5 Å². The number of nitrogens with zero attached hydrogens (tertiary/aromatic N) is 5. The molecule has 7 nitrogen and oxygen atoms in total. The van der Waals surface area contributed by atoms with Gasteiger partial charge in [-0.3, -0.25) is 14.7 Å². The molecule has 3 aromatic rings. The van der Waals surface area contributed by atoms with Crippen molar-refractivity contribution in [2.45, 2.75) is 87.9 Å². The van der Waals surface area contributed by atoms with Gasteiger partial charge in [-0.2, -0.15) is 9.97 Å². The van der Waals surface area contributed by atoms with Gasteiger partial charge in [-0.05, 0) is 93.0 Å². The van der Waals surface area contributed by atoms with Crippen LogP contribution >= 0.6 is 0 Å². The van der Waals surface area contributed by atoms with E-state index in [4.69, 9.17) is 14.7 Å². The van der Waals surface area contributed by atoms with E-state index in [9.17, 15) is 13.6 Å². The zero-order valence-corrected chi connectivity index (χ0v) is 25.1. The predicted molar refractivity (Wildman–Crippen MR) is 164 cm³/mol. The number of aryl methyl sites for hydroxylation is 1. The van der Waals surface area contributed by atoms with E-state index in [-0.39, 0.29) is 17.5 Å². The van der Waals surface area contributed by atoms with E-state index in [2.05, 4.69) is 34.7 Å². The normalized spacial score (nSPS) is 29.5. The third kappa shape index (κ3) is 4.70. The standard InChI is InChI=1S/C35H39F2N5O2/c1-21(36)33(43)42-12-9-23-13-25(15-31(23)42)32-28-8-7-22(29-18-38-17-24-5-2-3-6-27(24)29)14-30(28)39-34(40-32)44-20-35-10-4-11-41(35)19-26(37)16-35/h7-8,14,17-18,23,25-26,31H,1-6,9-13,15-16,19-20H2/t23-,25?,26+,31+,35-/m0/s1. The Morgan fingerprint density at radius 3 is 2.89 bits per heavy atom. The van der Waals surface area contributed by atoms with E-state index in [1.54, 1.807) is 4.90 Å². The van der Waals surface area contributed by atoms with Crippen molar-refractivity contribution in [2.24, 2.45) is 5.92 Å². The average molecular weight is 600 g/mol. The fraction of sp³-hybridized carbons (Fsp3) is 0.543. The molecular formula is C35H39F2N5O2. The highest BCUT2D eigenvalue weighted by Crippen LogP contribution is 2.48. The number of pyridine rings is 1. The second-order valence-electron chi connectivity index (χ2n) is 13.7. The lowest BCUT2D eigenvalue weighted by Crippen LogP contribution is -2.43. The van der Waals surface area contributed by atoms with Gasteiger partial charge in [-0.15, -0.1) is 0 Å². The third-order valence-electron chi connectivity index (χ3n) is 11.2. The summed E-state index contributed by atoms with van der Waals surface area (Å²) in [6, 6.07) is 6.69. The van der Waals surface area contributed by atoms with E-state index >= 15 is 0 Å². The molecule has 230 valence electrons. The van der Waals surface area contributed by atoms with E-state index in [1.807, 2.05) is 12.4 Å². The Labute approximate surface area is 256 Å². The van der Waals surface area contributed by atoms with Gasteiger partial charge in [0.25, 0.3) is 5.91 Å². The molecule has 1 unspecified atom stereocenters. The van der Waals surface area contributed by atoms with Gasteiger partial charge in [-0.1, -0.05) is 18.7 Å². The number of benzene rings is 1. The Bertz CT molecular complexity index is 1650. The number of carbonyl (C=O) groups excluding carboxylic acids is 1. The van der Waals surface area contributed by atoms with Crippen LogP contribution in [-0.4, -0.2) is 74.7 Å². The molecule has 44 heavy (non-hydrogen) atoms. The number of aromatic nitrogens is 3. The Morgan fingerprint density at radius 2 is 2.00 bits per heavy atom. The largest absolute Gasteiger partial charge is 0.461 e. The number of hydrogen-bond donors (Lipinski definition) is 0. The van der Waals surface area contributed by atoms with Gasteiger partial charge in [0, 0.05) is 54.8 Å². The minimum absolute atomic E-state index is 0.0264. The first-order chi connectivity index (χ1) is 21.4. The molecule has 1 saturated carbocycles. The fourth-order valence-electron chi connectivity index (χ4n) is 9.13. The lowest BCUT2D eigenvalue weighted by atomic mass is 9.87. The van der Waals surface area contributed by atoms with Gasteiger partial charge in [0.2, 0.25) is 0 Å². The maximum absolute atomic E-state index is 14.5. The highest BCUT2D eigenvalue weighted by molar-refractivity contribution is 5.91. The Hall–Kier alpha value is -3.46. The predicted octanol–water partition coefficient (Wildman–Crippen LogP) is 6.10. The average Bonchev–Trinajstić information content (AvgIpc) is 3.79. The van der Waals surface area contributed by atoms with Gasteiger partial charge in [-0.25, -0.2) is 8.78 Å². The molecular weight excluding hydrogens is 560 g/mol. The molecule has 0 bridgehead atoms. The van der Waals surface area contributed by atoms with E-state index in [0.717, 1.165) is 72.8 Å². The first kappa shape index (κ1) is 28.0. The molecule has 1 amide bonds. The summed E-state index contributed by atoms with van der Waals surface area (Å²) in [7, 11) is 0. The van der Waals surface area contributed by atoms with Crippen molar-refractivity contribution < 1.29 is 18.3 Å². The van der Waals surface area contributed by atoms with Crippen molar-refractivity contribution in [3.05, 3.63) is 59.8 Å². The number of ether oxygens (including phenoxy) is 1. The van der Waals surface area contributed by atoms with E-state index < -0.39 is 17.9 Å². The SMILES string of the molecule is C=C(F)C(=O)N1CC[C@H]2CC(c3nc(OC[C@@]45CCCN4C[C@H](F)C5)nc4cc(-c5cncc6c5CCCC6)ccc34)C[C@H]21. The molecule has 4 fully saturated rings. The van der Waals surface area contributed by atoms with Crippen molar-refractivity contribution >= 4 is 16.8 Å². The molecule has 2 aliphatic carbocycles. The Kier molecular flexibility index (Phi) is 6.92. The topological polar surface area (TPSA) is 71.5 Å². The molecule has 2 aromatic heterocycles. The molecule has 0 spiro atoms. The Balaban J connectivity index is 1.16. The molecule has 9 heteroatoms. The van der Waals surface area contributed by atoms with Crippen molar-refractivity contribution in [3.63, 3.8) is 0 Å². The summed E-state index contributed by atoms with van der Waals surface area (Å²) in [5.74, 6) is -1.11. The summed E-state index contributed by atoms with van der Waals surface area (Å²) in [5.41, 5.74) is 6.38. The number of likely N-dealkylation sites (tertiary alicyclic amines) is 1. The van der Waals surface area contributed by atoms with Crippen LogP contribution in [0.4, 0.5) is 8.78 Å². The van der Waals surface area contributed by atoms with Crippen LogP contribution in [0.1, 0.15) is 74.1 Å². The maximum Gasteiger partial charge on any atom is 0.317 e. The minimum Gasteiger partial charge on any atom is -0.461 e. The number of halogens is 2. The van der Waals surface area contributed by atoms with E-state index in [1.165, 1.54) is 24.0 Å². The molecule has 5 aliphatic rings. The van der Waals surface area contributed by atoms with Gasteiger partial charge >= 0.3 is 6.01 Å². The lowest BCUT2D eigenvalue weighted by Gasteiger charge is -2.31. The molecule has 3 aliphatic heterocycles. The molecule has 0 N–H and O–H groups in total. The molecule has 3 saturated heterocycles. The number of rotatable bonds is 6. The maximum atomic E-state index is 14.5. The van der Waals surface area contributed by atoms with Crippen molar-refractivity contribution in [2.75, 3.05) is 26.2 Å². The third-order valence-corrected chi connectivity index (χ3v) is 11.2. The number of amides is 1. The summed E-state index contributed by atoms with van der Waals surface area (Å²) in [6.45, 7) is 5.56. The van der Waals surface area contributed by atoms with Crippen LogP contribution in [0.2, 0.25) is 0 Å². The summed E-state index contributed by atoms with van der Waals surface area (Å²) < 4.78 is 34.7. The van der Waals surface area contributed by atoms with Crippen LogP contribution in [0.15, 0.2) is 43.0 Å². The Morgan fingerprint density at radius 1 is 1.11 bits per heavy atom. The highest BCUT2D eigenvalue weighted by Gasteiger charge is 2.50. The van der Waals surface area contributed by atoms with Crippen molar-refractivity contribution in [1.29, 1.82) is 0 Å². The summed E-state index contributed by atoms with van der Waals surface area (Å²) in [4.78, 5) is 31.0. The summed E-state index contributed by atoms with van der Waals surface area (Å²) >= 11 is 0. The molecule has 5 heterocycles. The molecule has 5 atom stereocenters. The zero-order valence-electron chi connectivity index (χ0n) is 25.1. The van der Waals surface area contributed by atoms with Crippen LogP contribution in [-0.2, 0) is 17.6 Å². The number of alkyl halides is 1.